The first-order valence-electron chi connectivity index (χ1n) is 6.17. The summed E-state index contributed by atoms with van der Waals surface area (Å²) in [6.45, 7) is 1.07. The minimum Gasteiger partial charge on any atom is -0.393 e. The van der Waals surface area contributed by atoms with Gasteiger partial charge in [-0.15, -0.1) is 0 Å². The van der Waals surface area contributed by atoms with Crippen molar-refractivity contribution < 1.29 is 9.90 Å². The third-order valence-corrected chi connectivity index (χ3v) is 3.65. The number of piperidine rings is 1. The van der Waals surface area contributed by atoms with Crippen molar-refractivity contribution in [3.05, 3.63) is 10.4 Å². The van der Waals surface area contributed by atoms with Crippen LogP contribution in [0.15, 0.2) is 5.11 Å². The zero-order valence-corrected chi connectivity index (χ0v) is 9.83. The van der Waals surface area contributed by atoms with Gasteiger partial charge in [0.25, 0.3) is 0 Å². The van der Waals surface area contributed by atoms with Crippen molar-refractivity contribution in [2.24, 2.45) is 17.0 Å². The third kappa shape index (κ3) is 3.35. The van der Waals surface area contributed by atoms with Gasteiger partial charge in [-0.3, -0.25) is 4.79 Å². The summed E-state index contributed by atoms with van der Waals surface area (Å²) < 4.78 is 0. The largest absolute Gasteiger partial charge is 0.393 e. The Morgan fingerprint density at radius 3 is 2.88 bits per heavy atom. The maximum absolute atomic E-state index is 11.7. The monoisotopic (exact) mass is 238 g/mol. The molecule has 0 radical (unpaired) electrons. The molecule has 2 aliphatic rings. The van der Waals surface area contributed by atoms with Gasteiger partial charge in [0.05, 0.1) is 6.10 Å². The van der Waals surface area contributed by atoms with E-state index in [0.717, 1.165) is 12.3 Å². The first kappa shape index (κ1) is 12.2. The molecule has 0 aromatic heterocycles. The minimum absolute atomic E-state index is 0.108. The van der Waals surface area contributed by atoms with Crippen LogP contribution in [0.4, 0.5) is 0 Å². The number of rotatable bonds is 4. The number of amides is 1. The van der Waals surface area contributed by atoms with Crippen molar-refractivity contribution in [2.45, 2.75) is 31.8 Å². The van der Waals surface area contributed by atoms with E-state index in [0.29, 0.717) is 19.5 Å². The van der Waals surface area contributed by atoms with Crippen molar-refractivity contribution in [3.8, 4) is 0 Å². The Morgan fingerprint density at radius 1 is 1.47 bits per heavy atom. The molecule has 0 bridgehead atoms. The fraction of sp³-hybridized carbons (Fsp3) is 0.909. The fourth-order valence-electron chi connectivity index (χ4n) is 2.45. The van der Waals surface area contributed by atoms with Crippen LogP contribution in [0.1, 0.15) is 25.7 Å². The number of hydrogen-bond donors (Lipinski definition) is 1. The number of carbonyl (C=O) groups excluding carboxylic acids is 1. The average molecular weight is 238 g/mol. The number of azide groups is 1. The number of carbonyl (C=O) groups is 1. The highest BCUT2D eigenvalue weighted by atomic mass is 16.3. The Hall–Kier alpha value is -1.26. The summed E-state index contributed by atoms with van der Waals surface area (Å²) in [5.74, 6) is 0.823. The number of hydrogen-bond acceptors (Lipinski definition) is 3. The zero-order chi connectivity index (χ0) is 12.3. The molecule has 1 amide bonds. The molecule has 0 aromatic carbocycles. The summed E-state index contributed by atoms with van der Waals surface area (Å²) in [6.07, 6.45) is 3.90. The smallest absolute Gasteiger partial charge is 0.228 e. The van der Waals surface area contributed by atoms with Crippen LogP contribution in [0.3, 0.4) is 0 Å². The van der Waals surface area contributed by atoms with Gasteiger partial charge < -0.3 is 10.0 Å². The number of nitrogens with zero attached hydrogens (tertiary/aromatic N) is 4. The Kier molecular flexibility index (Phi) is 3.86. The Labute approximate surface area is 100 Å². The van der Waals surface area contributed by atoms with E-state index < -0.39 is 0 Å². The maximum Gasteiger partial charge on any atom is 0.228 e. The normalized spacial score (nSPS) is 28.6. The molecule has 17 heavy (non-hydrogen) atoms. The molecule has 2 rings (SSSR count). The van der Waals surface area contributed by atoms with Gasteiger partial charge in [0, 0.05) is 23.9 Å². The SMILES string of the molecule is [N-]=[N+]=NCC(=O)N1CCC(O)C(CC2CC2)C1. The molecule has 6 nitrogen and oxygen atoms in total. The van der Waals surface area contributed by atoms with Crippen molar-refractivity contribution in [3.63, 3.8) is 0 Å². The van der Waals surface area contributed by atoms with Crippen LogP contribution < -0.4 is 0 Å². The maximum atomic E-state index is 11.7. The van der Waals surface area contributed by atoms with Gasteiger partial charge in [0.1, 0.15) is 6.54 Å². The lowest BCUT2D eigenvalue weighted by Crippen LogP contribution is -2.46. The molecule has 1 saturated heterocycles. The average Bonchev–Trinajstić information content (AvgIpc) is 3.13. The van der Waals surface area contributed by atoms with Crippen LogP contribution in [0.5, 0.6) is 0 Å². The molecular weight excluding hydrogens is 220 g/mol. The molecule has 0 spiro atoms. The van der Waals surface area contributed by atoms with E-state index in [1.807, 2.05) is 0 Å². The standard InChI is InChI=1S/C11H18N4O2/c12-14-13-6-11(17)15-4-3-10(16)9(7-15)5-8-1-2-8/h8-10,16H,1-7H2. The van der Waals surface area contributed by atoms with Crippen LogP contribution in [0.2, 0.25) is 0 Å². The second-order valence-electron chi connectivity index (χ2n) is 5.02. The van der Waals surface area contributed by atoms with Crippen LogP contribution in [0.25, 0.3) is 10.4 Å². The number of likely N-dealkylation sites (tertiary alicyclic amines) is 1. The number of aliphatic hydroxyl groups excluding tert-OH is 1. The highest BCUT2D eigenvalue weighted by Crippen LogP contribution is 2.37. The van der Waals surface area contributed by atoms with Crippen LogP contribution in [0, 0.1) is 11.8 Å². The van der Waals surface area contributed by atoms with Gasteiger partial charge in [-0.05, 0) is 24.3 Å². The minimum atomic E-state index is -0.279. The van der Waals surface area contributed by atoms with Crippen molar-refractivity contribution in [1.29, 1.82) is 0 Å². The van der Waals surface area contributed by atoms with Crippen molar-refractivity contribution in [2.75, 3.05) is 19.6 Å². The molecule has 1 aliphatic carbocycles. The lowest BCUT2D eigenvalue weighted by Gasteiger charge is -2.36. The topological polar surface area (TPSA) is 89.3 Å². The van der Waals surface area contributed by atoms with E-state index in [1.54, 1.807) is 4.90 Å². The van der Waals surface area contributed by atoms with Crippen LogP contribution in [-0.4, -0.2) is 41.7 Å². The molecule has 1 N–H and O–H groups in total. The van der Waals surface area contributed by atoms with Gasteiger partial charge in [0.15, 0.2) is 0 Å². The molecular formula is C11H18N4O2. The van der Waals surface area contributed by atoms with E-state index in [4.69, 9.17) is 5.53 Å². The molecule has 1 aliphatic heterocycles. The second-order valence-corrected chi connectivity index (χ2v) is 5.02. The fourth-order valence-corrected chi connectivity index (χ4v) is 2.45. The Bertz CT molecular complexity index is 336. The lowest BCUT2D eigenvalue weighted by atomic mass is 9.90. The predicted octanol–water partition coefficient (Wildman–Crippen LogP) is 1.31. The lowest BCUT2D eigenvalue weighted by molar-refractivity contribution is -0.133. The summed E-state index contributed by atoms with van der Waals surface area (Å²) in [4.78, 5) is 16.0. The molecule has 0 aromatic rings. The summed E-state index contributed by atoms with van der Waals surface area (Å²) in [6, 6.07) is 0. The molecule has 1 saturated carbocycles. The third-order valence-electron chi connectivity index (χ3n) is 3.65. The first-order valence-corrected chi connectivity index (χ1v) is 6.17. The molecule has 1 heterocycles. The van der Waals surface area contributed by atoms with Crippen molar-refractivity contribution >= 4 is 5.91 Å². The van der Waals surface area contributed by atoms with Gasteiger partial charge in [-0.1, -0.05) is 18.0 Å². The number of aliphatic hydroxyl groups is 1. The summed E-state index contributed by atoms with van der Waals surface area (Å²) in [5.41, 5.74) is 8.18. The van der Waals surface area contributed by atoms with Crippen LogP contribution >= 0.6 is 0 Å². The molecule has 2 fully saturated rings. The van der Waals surface area contributed by atoms with E-state index in [9.17, 15) is 9.90 Å². The molecule has 94 valence electrons. The van der Waals surface area contributed by atoms with Gasteiger partial charge >= 0.3 is 0 Å². The van der Waals surface area contributed by atoms with Crippen molar-refractivity contribution in [1.82, 2.24) is 4.90 Å². The van der Waals surface area contributed by atoms with Gasteiger partial charge in [0.2, 0.25) is 5.91 Å². The highest BCUT2D eigenvalue weighted by molar-refractivity contribution is 5.78. The first-order chi connectivity index (χ1) is 8.20. The van der Waals surface area contributed by atoms with E-state index in [-0.39, 0.29) is 24.5 Å². The Morgan fingerprint density at radius 2 is 2.24 bits per heavy atom. The summed E-state index contributed by atoms with van der Waals surface area (Å²) >= 11 is 0. The molecule has 6 heteroatoms. The quantitative estimate of drug-likeness (QED) is 0.454. The zero-order valence-electron chi connectivity index (χ0n) is 9.83. The van der Waals surface area contributed by atoms with Gasteiger partial charge in [-0.2, -0.15) is 0 Å². The van der Waals surface area contributed by atoms with Crippen LogP contribution in [-0.2, 0) is 4.79 Å². The molecule has 2 atom stereocenters. The predicted molar refractivity (Wildman–Crippen MR) is 62.0 cm³/mol. The Balaban J connectivity index is 1.86. The van der Waals surface area contributed by atoms with E-state index in [1.165, 1.54) is 12.8 Å². The van der Waals surface area contributed by atoms with E-state index >= 15 is 0 Å². The molecule has 2 unspecified atom stereocenters. The summed E-state index contributed by atoms with van der Waals surface area (Å²) in [5, 5.41) is 13.2. The van der Waals surface area contributed by atoms with Gasteiger partial charge in [-0.25, -0.2) is 0 Å². The van der Waals surface area contributed by atoms with E-state index in [2.05, 4.69) is 10.0 Å². The second kappa shape index (κ2) is 5.38. The summed E-state index contributed by atoms with van der Waals surface area (Å²) in [7, 11) is 0. The highest BCUT2D eigenvalue weighted by Gasteiger charge is 2.34.